The molecule has 0 saturated carbocycles. The molecule has 1 N–H and O–H groups in total. The van der Waals surface area contributed by atoms with Crippen LogP contribution in [0.2, 0.25) is 0 Å². The SMILES string of the molecule is O=c1ccc2ccccc2o1.O=c1cccc2n1C[C@@H]1CNC[C@H]2C1. The van der Waals surface area contributed by atoms with Crippen molar-refractivity contribution in [1.29, 1.82) is 0 Å². The maximum Gasteiger partial charge on any atom is 0.336 e. The van der Waals surface area contributed by atoms with Gasteiger partial charge < -0.3 is 14.3 Å². The Morgan fingerprint density at radius 2 is 1.84 bits per heavy atom. The molecule has 2 aromatic heterocycles. The average molecular weight is 336 g/mol. The number of fused-ring (bicyclic) bond motifs is 5. The fourth-order valence-corrected chi connectivity index (χ4v) is 3.75. The Bertz CT molecular complexity index is 1010. The van der Waals surface area contributed by atoms with Crippen molar-refractivity contribution < 1.29 is 4.42 Å². The molecule has 0 spiro atoms. The van der Waals surface area contributed by atoms with Gasteiger partial charge in [-0.05, 0) is 37.1 Å². The highest BCUT2D eigenvalue weighted by Gasteiger charge is 2.30. The van der Waals surface area contributed by atoms with E-state index in [1.807, 2.05) is 28.8 Å². The number of benzene rings is 1. The zero-order valence-corrected chi connectivity index (χ0v) is 13.9. The summed E-state index contributed by atoms with van der Waals surface area (Å²) >= 11 is 0. The lowest BCUT2D eigenvalue weighted by molar-refractivity contribution is 0.257. The quantitative estimate of drug-likeness (QED) is 0.640. The van der Waals surface area contributed by atoms with E-state index in [-0.39, 0.29) is 11.2 Å². The van der Waals surface area contributed by atoms with E-state index in [9.17, 15) is 9.59 Å². The molecule has 1 fully saturated rings. The van der Waals surface area contributed by atoms with Gasteiger partial charge >= 0.3 is 5.63 Å². The number of nitrogens with zero attached hydrogens (tertiary/aromatic N) is 1. The first kappa shape index (κ1) is 15.8. The van der Waals surface area contributed by atoms with Crippen molar-refractivity contribution in [3.63, 3.8) is 0 Å². The van der Waals surface area contributed by atoms with Crippen LogP contribution in [0.25, 0.3) is 11.0 Å². The first-order chi connectivity index (χ1) is 12.2. The third-order valence-electron chi connectivity index (χ3n) is 4.91. The summed E-state index contributed by atoms with van der Waals surface area (Å²) in [6.07, 6.45) is 1.25. The summed E-state index contributed by atoms with van der Waals surface area (Å²) in [5.74, 6) is 1.21. The van der Waals surface area contributed by atoms with E-state index in [0.29, 0.717) is 17.4 Å². The molecule has 5 heteroatoms. The standard InChI is InChI=1S/C11H14N2O.C9H6O2/c14-11-3-1-2-10-9-4-8(5-12-6-9)7-13(10)11;10-9-6-5-7-3-1-2-4-8(7)11-9/h1-3,8-9,12H,4-7H2;1-6H/t8-,9+;/m0./s1. The number of hydrogen-bond acceptors (Lipinski definition) is 4. The van der Waals surface area contributed by atoms with Crippen molar-refractivity contribution in [2.24, 2.45) is 5.92 Å². The van der Waals surface area contributed by atoms with Crippen molar-refractivity contribution in [2.45, 2.75) is 18.9 Å². The highest BCUT2D eigenvalue weighted by Crippen LogP contribution is 2.31. The fourth-order valence-electron chi connectivity index (χ4n) is 3.75. The van der Waals surface area contributed by atoms with Gasteiger partial charge in [0.1, 0.15) is 5.58 Å². The summed E-state index contributed by atoms with van der Waals surface area (Å²) in [6.45, 7) is 3.00. The molecular formula is C20H20N2O3. The number of nitrogens with one attached hydrogen (secondary N) is 1. The summed E-state index contributed by atoms with van der Waals surface area (Å²) in [4.78, 5) is 22.4. The van der Waals surface area contributed by atoms with Crippen LogP contribution in [0.15, 0.2) is 68.6 Å². The second-order valence-electron chi connectivity index (χ2n) is 6.65. The lowest BCUT2D eigenvalue weighted by Crippen LogP contribution is -2.44. The summed E-state index contributed by atoms with van der Waals surface area (Å²) in [5, 5.41) is 4.38. The number of aromatic nitrogens is 1. The van der Waals surface area contributed by atoms with E-state index in [1.165, 1.54) is 18.2 Å². The van der Waals surface area contributed by atoms with Gasteiger partial charge in [0, 0.05) is 42.2 Å². The van der Waals surface area contributed by atoms with Crippen LogP contribution in [-0.4, -0.2) is 17.7 Å². The minimum atomic E-state index is -0.302. The minimum Gasteiger partial charge on any atom is -0.423 e. The first-order valence-corrected chi connectivity index (χ1v) is 8.60. The maximum atomic E-state index is 11.6. The lowest BCUT2D eigenvalue weighted by Gasteiger charge is -2.37. The van der Waals surface area contributed by atoms with E-state index in [0.717, 1.165) is 25.0 Å². The van der Waals surface area contributed by atoms with Crippen molar-refractivity contribution in [3.05, 3.63) is 81.1 Å². The van der Waals surface area contributed by atoms with Crippen LogP contribution in [-0.2, 0) is 6.54 Å². The average Bonchev–Trinajstić information content (AvgIpc) is 2.63. The number of pyridine rings is 1. The Hall–Kier alpha value is -2.66. The number of hydrogen-bond donors (Lipinski definition) is 1. The van der Waals surface area contributed by atoms with Crippen LogP contribution in [0, 0.1) is 5.92 Å². The maximum absolute atomic E-state index is 11.6. The summed E-state index contributed by atoms with van der Waals surface area (Å²) in [6, 6.07) is 16.2. The molecule has 0 aliphatic carbocycles. The molecule has 2 aliphatic rings. The van der Waals surface area contributed by atoms with Crippen molar-refractivity contribution in [1.82, 2.24) is 9.88 Å². The topological polar surface area (TPSA) is 64.2 Å². The molecule has 4 heterocycles. The molecule has 5 nitrogen and oxygen atoms in total. The van der Waals surface area contributed by atoms with Crippen LogP contribution in [0.5, 0.6) is 0 Å². The van der Waals surface area contributed by atoms with Gasteiger partial charge in [-0.2, -0.15) is 0 Å². The van der Waals surface area contributed by atoms with Gasteiger partial charge in [-0.25, -0.2) is 4.79 Å². The normalized spacial score (nSPS) is 21.1. The second kappa shape index (κ2) is 6.69. The van der Waals surface area contributed by atoms with Gasteiger partial charge in [-0.1, -0.05) is 24.3 Å². The predicted octanol–water partition coefficient (Wildman–Crippen LogP) is 2.35. The molecule has 0 amide bonds. The largest absolute Gasteiger partial charge is 0.423 e. The van der Waals surface area contributed by atoms with Crippen LogP contribution in [0.1, 0.15) is 18.0 Å². The molecule has 0 radical (unpaired) electrons. The number of para-hydroxylation sites is 1. The number of piperidine rings is 1. The van der Waals surface area contributed by atoms with Crippen LogP contribution < -0.4 is 16.5 Å². The molecule has 3 aromatic rings. The van der Waals surface area contributed by atoms with Gasteiger partial charge in [0.05, 0.1) is 0 Å². The Balaban J connectivity index is 0.000000129. The smallest absolute Gasteiger partial charge is 0.336 e. The molecule has 1 aromatic carbocycles. The highest BCUT2D eigenvalue weighted by atomic mass is 16.4. The number of rotatable bonds is 0. The second-order valence-corrected chi connectivity index (χ2v) is 6.65. The first-order valence-electron chi connectivity index (χ1n) is 8.60. The lowest BCUT2D eigenvalue weighted by atomic mass is 9.84. The Labute approximate surface area is 144 Å². The summed E-state index contributed by atoms with van der Waals surface area (Å²) < 4.78 is 6.86. The summed E-state index contributed by atoms with van der Waals surface area (Å²) in [5.41, 5.74) is 1.73. The van der Waals surface area contributed by atoms with Gasteiger partial charge in [0.25, 0.3) is 5.56 Å². The monoisotopic (exact) mass is 336 g/mol. The van der Waals surface area contributed by atoms with E-state index in [2.05, 4.69) is 11.4 Å². The van der Waals surface area contributed by atoms with Gasteiger partial charge in [0.15, 0.2) is 0 Å². The van der Waals surface area contributed by atoms with Crippen molar-refractivity contribution >= 4 is 11.0 Å². The molecule has 2 bridgehead atoms. The van der Waals surface area contributed by atoms with Crippen LogP contribution >= 0.6 is 0 Å². The molecule has 2 atom stereocenters. The Kier molecular flexibility index (Phi) is 4.24. The van der Waals surface area contributed by atoms with Crippen LogP contribution in [0.3, 0.4) is 0 Å². The molecule has 2 aliphatic heterocycles. The minimum absolute atomic E-state index is 0.166. The molecule has 5 rings (SSSR count). The third-order valence-corrected chi connectivity index (χ3v) is 4.91. The van der Waals surface area contributed by atoms with Crippen LogP contribution in [0.4, 0.5) is 0 Å². The van der Waals surface area contributed by atoms with Gasteiger partial charge in [-0.3, -0.25) is 4.79 Å². The van der Waals surface area contributed by atoms with Crippen molar-refractivity contribution in [2.75, 3.05) is 13.1 Å². The summed E-state index contributed by atoms with van der Waals surface area (Å²) in [7, 11) is 0. The van der Waals surface area contributed by atoms with E-state index < -0.39 is 0 Å². The van der Waals surface area contributed by atoms with E-state index in [1.54, 1.807) is 18.2 Å². The third kappa shape index (κ3) is 3.28. The molecule has 25 heavy (non-hydrogen) atoms. The van der Waals surface area contributed by atoms with Gasteiger partial charge in [0.2, 0.25) is 0 Å². The molecular weight excluding hydrogens is 316 g/mol. The molecule has 0 unspecified atom stereocenters. The molecule has 1 saturated heterocycles. The highest BCUT2D eigenvalue weighted by molar-refractivity contribution is 5.75. The van der Waals surface area contributed by atoms with Crippen molar-refractivity contribution in [3.8, 4) is 0 Å². The van der Waals surface area contributed by atoms with E-state index >= 15 is 0 Å². The van der Waals surface area contributed by atoms with Gasteiger partial charge in [-0.15, -0.1) is 0 Å². The zero-order chi connectivity index (χ0) is 17.2. The Morgan fingerprint density at radius 1 is 0.960 bits per heavy atom. The molecule has 128 valence electrons. The fraction of sp³-hybridized carbons (Fsp3) is 0.300. The zero-order valence-electron chi connectivity index (χ0n) is 13.9. The van der Waals surface area contributed by atoms with E-state index in [4.69, 9.17) is 4.42 Å². The Morgan fingerprint density at radius 3 is 2.76 bits per heavy atom. The predicted molar refractivity (Wildman–Crippen MR) is 96.9 cm³/mol.